The fourth-order valence-corrected chi connectivity index (χ4v) is 3.81. The Balaban J connectivity index is 1.50. The first kappa shape index (κ1) is 15.6. The largest absolute Gasteiger partial charge is 0.366 e. The van der Waals surface area contributed by atoms with Gasteiger partial charge >= 0.3 is 0 Å². The first-order valence-electron chi connectivity index (χ1n) is 8.52. The van der Waals surface area contributed by atoms with E-state index in [-0.39, 0.29) is 5.82 Å². The number of hydrogen-bond acceptors (Lipinski definition) is 4. The van der Waals surface area contributed by atoms with Crippen LogP contribution in [0.15, 0.2) is 24.3 Å². The number of nitrogens with zero attached hydrogens (tertiary/aromatic N) is 4. The number of piperazine rings is 1. The zero-order valence-electron chi connectivity index (χ0n) is 13.5. The Morgan fingerprint density at radius 1 is 0.917 bits per heavy atom. The minimum atomic E-state index is -0.168. The molecule has 0 bridgehead atoms. The fraction of sp³-hybridized carbons (Fsp3) is 0.444. The van der Waals surface area contributed by atoms with Gasteiger partial charge in [0.15, 0.2) is 0 Å². The maximum atomic E-state index is 13.9. The number of halogens is 2. The molecule has 0 amide bonds. The van der Waals surface area contributed by atoms with Gasteiger partial charge in [0, 0.05) is 31.7 Å². The van der Waals surface area contributed by atoms with Crippen molar-refractivity contribution >= 4 is 23.2 Å². The second-order valence-corrected chi connectivity index (χ2v) is 6.73. The summed E-state index contributed by atoms with van der Waals surface area (Å²) in [6.07, 6.45) is 4.30. The second-order valence-electron chi connectivity index (χ2n) is 6.37. The molecule has 0 spiro atoms. The Morgan fingerprint density at radius 3 is 2.42 bits per heavy atom. The van der Waals surface area contributed by atoms with Crippen molar-refractivity contribution in [2.24, 2.45) is 0 Å². The predicted molar refractivity (Wildman–Crippen MR) is 94.5 cm³/mol. The molecular formula is C18H20ClFN4. The molecule has 0 radical (unpaired) electrons. The normalized spacial score (nSPS) is 17.8. The summed E-state index contributed by atoms with van der Waals surface area (Å²) in [5, 5.41) is 0.603. The molecule has 1 aliphatic heterocycles. The molecule has 1 aliphatic carbocycles. The van der Waals surface area contributed by atoms with Gasteiger partial charge in [-0.2, -0.15) is 0 Å². The molecular weight excluding hydrogens is 327 g/mol. The summed E-state index contributed by atoms with van der Waals surface area (Å²) in [6.45, 7) is 3.03. The maximum absolute atomic E-state index is 13.9. The van der Waals surface area contributed by atoms with E-state index < -0.39 is 0 Å². The lowest BCUT2D eigenvalue weighted by Gasteiger charge is -2.36. The van der Waals surface area contributed by atoms with Gasteiger partial charge in [0.25, 0.3) is 0 Å². The van der Waals surface area contributed by atoms with Gasteiger partial charge in [-0.05, 0) is 37.8 Å². The fourth-order valence-electron chi connectivity index (χ4n) is 3.53. The first-order valence-corrected chi connectivity index (χ1v) is 8.90. The summed E-state index contributed by atoms with van der Waals surface area (Å²) in [4.78, 5) is 13.5. The third-order valence-electron chi connectivity index (χ3n) is 4.88. The SMILES string of the molecule is Fc1ccccc1N1CCN(c2nc(Cl)c3c(n2)CCCC3)CC1. The monoisotopic (exact) mass is 346 g/mol. The molecule has 24 heavy (non-hydrogen) atoms. The van der Waals surface area contributed by atoms with Crippen molar-refractivity contribution in [3.8, 4) is 0 Å². The summed E-state index contributed by atoms with van der Waals surface area (Å²) in [5.74, 6) is 0.549. The lowest BCUT2D eigenvalue weighted by Crippen LogP contribution is -2.47. The maximum Gasteiger partial charge on any atom is 0.227 e. The molecule has 0 N–H and O–H groups in total. The van der Waals surface area contributed by atoms with Crippen LogP contribution in [0, 0.1) is 5.82 Å². The van der Waals surface area contributed by atoms with Crippen LogP contribution in [0.2, 0.25) is 5.15 Å². The Hall–Kier alpha value is -1.88. The third kappa shape index (κ3) is 2.93. The Morgan fingerprint density at radius 2 is 1.62 bits per heavy atom. The van der Waals surface area contributed by atoms with Crippen LogP contribution in [-0.2, 0) is 12.8 Å². The van der Waals surface area contributed by atoms with E-state index in [1.165, 1.54) is 12.5 Å². The molecule has 0 unspecified atom stereocenters. The van der Waals surface area contributed by atoms with Gasteiger partial charge in [-0.15, -0.1) is 0 Å². The number of hydrogen-bond donors (Lipinski definition) is 0. The standard InChI is InChI=1S/C18H20ClFN4/c19-17-13-5-1-3-7-15(13)21-18(22-17)24-11-9-23(10-12-24)16-8-4-2-6-14(16)20/h2,4,6,8H,1,3,5,7,9-12H2. The van der Waals surface area contributed by atoms with Crippen molar-refractivity contribution in [2.75, 3.05) is 36.0 Å². The van der Waals surface area contributed by atoms with Crippen molar-refractivity contribution in [1.82, 2.24) is 9.97 Å². The van der Waals surface area contributed by atoms with Gasteiger partial charge in [0.1, 0.15) is 11.0 Å². The van der Waals surface area contributed by atoms with Crippen LogP contribution >= 0.6 is 11.6 Å². The average Bonchev–Trinajstić information content (AvgIpc) is 2.62. The molecule has 2 aromatic rings. The highest BCUT2D eigenvalue weighted by Gasteiger charge is 2.23. The van der Waals surface area contributed by atoms with Crippen LogP contribution in [0.1, 0.15) is 24.1 Å². The molecule has 1 fully saturated rings. The van der Waals surface area contributed by atoms with E-state index in [9.17, 15) is 4.39 Å². The number of fused-ring (bicyclic) bond motifs is 1. The summed E-state index contributed by atoms with van der Waals surface area (Å²) in [5.41, 5.74) is 2.89. The minimum absolute atomic E-state index is 0.168. The van der Waals surface area contributed by atoms with Crippen LogP contribution in [-0.4, -0.2) is 36.1 Å². The van der Waals surface area contributed by atoms with Crippen LogP contribution < -0.4 is 9.80 Å². The Kier molecular flexibility index (Phi) is 4.27. The molecule has 4 rings (SSSR count). The quantitative estimate of drug-likeness (QED) is 0.779. The number of aromatic nitrogens is 2. The van der Waals surface area contributed by atoms with Gasteiger partial charge < -0.3 is 9.80 Å². The third-order valence-corrected chi connectivity index (χ3v) is 5.19. The highest BCUT2D eigenvalue weighted by Crippen LogP contribution is 2.28. The van der Waals surface area contributed by atoms with Gasteiger partial charge in [-0.25, -0.2) is 14.4 Å². The molecule has 6 heteroatoms. The van der Waals surface area contributed by atoms with Crippen LogP contribution in [0.5, 0.6) is 0 Å². The van der Waals surface area contributed by atoms with Crippen LogP contribution in [0.25, 0.3) is 0 Å². The summed E-state index contributed by atoms with van der Waals surface area (Å²) < 4.78 is 13.9. The number of rotatable bonds is 2. The molecule has 126 valence electrons. The second kappa shape index (κ2) is 6.55. The molecule has 2 aliphatic rings. The van der Waals surface area contributed by atoms with Crippen molar-refractivity contribution in [2.45, 2.75) is 25.7 Å². The number of benzene rings is 1. The molecule has 0 atom stereocenters. The van der Waals surface area contributed by atoms with Crippen molar-refractivity contribution in [3.05, 3.63) is 46.5 Å². The van der Waals surface area contributed by atoms with Crippen LogP contribution in [0.3, 0.4) is 0 Å². The zero-order valence-corrected chi connectivity index (χ0v) is 14.3. The molecule has 1 aromatic carbocycles. The van der Waals surface area contributed by atoms with Crippen LogP contribution in [0.4, 0.5) is 16.0 Å². The lowest BCUT2D eigenvalue weighted by molar-refractivity contribution is 0.591. The van der Waals surface area contributed by atoms with E-state index >= 15 is 0 Å². The van der Waals surface area contributed by atoms with Gasteiger partial charge in [0.2, 0.25) is 5.95 Å². The van der Waals surface area contributed by atoms with E-state index in [0.29, 0.717) is 16.8 Å². The average molecular weight is 347 g/mol. The van der Waals surface area contributed by atoms with E-state index in [4.69, 9.17) is 16.6 Å². The Bertz CT molecular complexity index is 744. The number of anilines is 2. The number of para-hydroxylation sites is 1. The smallest absolute Gasteiger partial charge is 0.227 e. The van der Waals surface area contributed by atoms with Gasteiger partial charge in [-0.3, -0.25) is 0 Å². The minimum Gasteiger partial charge on any atom is -0.366 e. The van der Waals surface area contributed by atoms with E-state index in [1.54, 1.807) is 6.07 Å². The molecule has 0 saturated carbocycles. The Labute approximate surface area is 146 Å². The highest BCUT2D eigenvalue weighted by molar-refractivity contribution is 6.30. The van der Waals surface area contributed by atoms with Gasteiger partial charge in [-0.1, -0.05) is 23.7 Å². The topological polar surface area (TPSA) is 32.3 Å². The summed E-state index contributed by atoms with van der Waals surface area (Å²) in [7, 11) is 0. The van der Waals surface area contributed by atoms with E-state index in [0.717, 1.165) is 56.7 Å². The summed E-state index contributed by atoms with van der Waals surface area (Å²) in [6, 6.07) is 6.93. The van der Waals surface area contributed by atoms with E-state index in [2.05, 4.69) is 14.8 Å². The van der Waals surface area contributed by atoms with Gasteiger partial charge in [0.05, 0.1) is 11.4 Å². The van der Waals surface area contributed by atoms with Crippen molar-refractivity contribution in [1.29, 1.82) is 0 Å². The van der Waals surface area contributed by atoms with Crippen molar-refractivity contribution < 1.29 is 4.39 Å². The predicted octanol–water partition coefficient (Wildman–Crippen LogP) is 3.47. The molecule has 4 nitrogen and oxygen atoms in total. The molecule has 1 aromatic heterocycles. The molecule has 1 saturated heterocycles. The van der Waals surface area contributed by atoms with E-state index in [1.807, 2.05) is 12.1 Å². The number of aryl methyl sites for hydroxylation is 1. The zero-order chi connectivity index (χ0) is 16.5. The van der Waals surface area contributed by atoms with Crippen molar-refractivity contribution in [3.63, 3.8) is 0 Å². The highest BCUT2D eigenvalue weighted by atomic mass is 35.5. The lowest BCUT2D eigenvalue weighted by atomic mass is 9.97. The summed E-state index contributed by atoms with van der Waals surface area (Å²) >= 11 is 6.37. The first-order chi connectivity index (χ1) is 11.7. The molecule has 2 heterocycles.